The molecule has 2 atom stereocenters. The number of nitriles is 2. The van der Waals surface area contributed by atoms with Crippen molar-refractivity contribution in [3.05, 3.63) is 34.6 Å². The number of carbonyl (C=O) groups is 1. The Kier molecular flexibility index (Phi) is 8.29. The minimum atomic E-state index is -4.97. The minimum Gasteiger partial charge on any atom is -0.465 e. The fourth-order valence-corrected chi connectivity index (χ4v) is 5.24. The van der Waals surface area contributed by atoms with Crippen LogP contribution in [0.5, 0.6) is 0 Å². The van der Waals surface area contributed by atoms with Crippen LogP contribution in [-0.4, -0.2) is 84.3 Å². The number of piperidine rings is 1. The van der Waals surface area contributed by atoms with Crippen LogP contribution in [0.2, 0.25) is 5.02 Å². The van der Waals surface area contributed by atoms with E-state index in [2.05, 4.69) is 25.7 Å². The number of fused-ring (bicyclic) bond motifs is 1. The quantitative estimate of drug-likeness (QED) is 0.237. The second-order valence-corrected chi connectivity index (χ2v) is 10.3. The van der Waals surface area contributed by atoms with Crippen molar-refractivity contribution in [3.8, 4) is 12.1 Å². The average molecular weight is 591 g/mol. The molecular formula is C22H24ClN10O6P. The topological polar surface area (TPSA) is 225 Å². The summed E-state index contributed by atoms with van der Waals surface area (Å²) in [5.74, 6) is 0.404. The van der Waals surface area contributed by atoms with Gasteiger partial charge in [-0.05, 0) is 25.5 Å². The summed E-state index contributed by atoms with van der Waals surface area (Å²) in [4.78, 5) is 41.6. The summed E-state index contributed by atoms with van der Waals surface area (Å²) in [6.07, 6.45) is -0.961. The van der Waals surface area contributed by atoms with E-state index in [4.69, 9.17) is 16.1 Å². The van der Waals surface area contributed by atoms with Gasteiger partial charge in [-0.25, -0.2) is 14.3 Å². The molecular weight excluding hydrogens is 567 g/mol. The number of hydrogen-bond acceptors (Lipinski definition) is 11. The van der Waals surface area contributed by atoms with Crippen LogP contribution in [0.1, 0.15) is 24.6 Å². The van der Waals surface area contributed by atoms with Gasteiger partial charge in [-0.2, -0.15) is 20.0 Å². The zero-order valence-electron chi connectivity index (χ0n) is 21.2. The molecule has 0 radical (unpaired) electrons. The van der Waals surface area contributed by atoms with E-state index in [9.17, 15) is 34.8 Å². The number of nitrogens with zero attached hydrogens (tertiary/aromatic N) is 8. The molecule has 2 aromatic heterocycles. The molecule has 0 aliphatic carbocycles. The van der Waals surface area contributed by atoms with Crippen LogP contribution < -0.4 is 15.5 Å². The number of imidazole rings is 1. The number of carboxylic acid groups (broad SMARTS) is 1. The number of anilines is 4. The zero-order valence-corrected chi connectivity index (χ0v) is 22.8. The Labute approximate surface area is 232 Å². The number of amides is 1. The van der Waals surface area contributed by atoms with Gasteiger partial charge in [0.1, 0.15) is 12.2 Å². The first-order valence-corrected chi connectivity index (χ1v) is 13.7. The van der Waals surface area contributed by atoms with E-state index in [1.54, 1.807) is 4.90 Å². The van der Waals surface area contributed by atoms with Gasteiger partial charge in [-0.15, -0.1) is 5.10 Å². The van der Waals surface area contributed by atoms with E-state index in [0.29, 0.717) is 23.7 Å². The molecule has 1 aromatic carbocycles. The number of likely N-dealkylation sites (N-methyl/N-ethyl adjacent to an activating group) is 1. The van der Waals surface area contributed by atoms with Crippen molar-refractivity contribution in [2.24, 2.45) is 0 Å². The summed E-state index contributed by atoms with van der Waals surface area (Å²) in [6, 6.07) is 6.18. The smallest absolute Gasteiger partial charge is 0.465 e. The first-order chi connectivity index (χ1) is 18.9. The standard InChI is InChI=1S/C22H24ClN10O6P/c1-3-26-19-20-27-10-13(9-25)33(20)30-21(29-19)28-14-6-12(8-24)7-16(18(14)23)32-5-4-15(31(2)22(34)35)17(11-32)39-40(36,37)38/h6-7,10,15,17H,3-5,11H2,1-2H3,(H,34,35)(H2,36,37,38)(H2,26,28,29,30)/t15-,17+/m0/s1. The Bertz CT molecular complexity index is 1580. The number of nitrogens with one attached hydrogen (secondary N) is 2. The van der Waals surface area contributed by atoms with Gasteiger partial charge in [-0.1, -0.05) is 11.6 Å². The fourth-order valence-electron chi connectivity index (χ4n) is 4.40. The zero-order chi connectivity index (χ0) is 29.2. The average Bonchev–Trinajstić information content (AvgIpc) is 3.32. The Morgan fingerprint density at radius 1 is 1.35 bits per heavy atom. The van der Waals surface area contributed by atoms with Gasteiger partial charge in [0.15, 0.2) is 17.2 Å². The molecule has 1 aliphatic rings. The number of halogens is 1. The molecule has 0 unspecified atom stereocenters. The largest absolute Gasteiger partial charge is 0.469 e. The lowest BCUT2D eigenvalue weighted by Crippen LogP contribution is -2.55. The third-order valence-corrected chi connectivity index (χ3v) is 7.13. The van der Waals surface area contributed by atoms with Gasteiger partial charge in [0.25, 0.3) is 0 Å². The molecule has 0 spiro atoms. The molecule has 18 heteroatoms. The van der Waals surface area contributed by atoms with Crippen molar-refractivity contribution in [1.29, 1.82) is 10.5 Å². The Balaban J connectivity index is 1.72. The van der Waals surface area contributed by atoms with Gasteiger partial charge in [0.2, 0.25) is 5.95 Å². The molecule has 4 rings (SSSR count). The van der Waals surface area contributed by atoms with E-state index < -0.39 is 26.1 Å². The van der Waals surface area contributed by atoms with Crippen LogP contribution in [0.15, 0.2) is 18.3 Å². The molecule has 3 aromatic rings. The van der Waals surface area contributed by atoms with Gasteiger partial charge >= 0.3 is 13.9 Å². The van der Waals surface area contributed by atoms with Crippen LogP contribution in [0, 0.1) is 22.7 Å². The van der Waals surface area contributed by atoms with Crippen molar-refractivity contribution in [3.63, 3.8) is 0 Å². The Morgan fingerprint density at radius 2 is 2.10 bits per heavy atom. The molecule has 16 nitrogen and oxygen atoms in total. The molecule has 1 amide bonds. The molecule has 1 saturated heterocycles. The van der Waals surface area contributed by atoms with E-state index in [1.807, 2.05) is 19.1 Å². The Hall–Kier alpha value is -4.18. The minimum absolute atomic E-state index is 0.0467. The summed E-state index contributed by atoms with van der Waals surface area (Å²) in [6.45, 7) is 2.49. The van der Waals surface area contributed by atoms with Crippen LogP contribution >= 0.6 is 19.4 Å². The van der Waals surface area contributed by atoms with Crippen LogP contribution in [0.25, 0.3) is 5.65 Å². The third-order valence-electron chi connectivity index (χ3n) is 6.19. The summed E-state index contributed by atoms with van der Waals surface area (Å²) in [5.41, 5.74) is 1.29. The van der Waals surface area contributed by atoms with E-state index >= 15 is 0 Å². The number of phosphoric ester groups is 1. The lowest BCUT2D eigenvalue weighted by Gasteiger charge is -2.42. The summed E-state index contributed by atoms with van der Waals surface area (Å²) in [7, 11) is -3.68. The predicted molar refractivity (Wildman–Crippen MR) is 142 cm³/mol. The monoisotopic (exact) mass is 590 g/mol. The van der Waals surface area contributed by atoms with E-state index in [0.717, 1.165) is 4.90 Å². The maximum atomic E-state index is 11.7. The number of phosphoric acid groups is 1. The van der Waals surface area contributed by atoms with Crippen molar-refractivity contribution in [2.45, 2.75) is 25.5 Å². The molecule has 40 heavy (non-hydrogen) atoms. The van der Waals surface area contributed by atoms with Gasteiger partial charge in [0, 0.05) is 26.7 Å². The van der Waals surface area contributed by atoms with Gasteiger partial charge in [-0.3, -0.25) is 4.52 Å². The fraction of sp³-hybridized carbons (Fsp3) is 0.364. The summed E-state index contributed by atoms with van der Waals surface area (Å²) >= 11 is 6.75. The second kappa shape index (κ2) is 11.5. The van der Waals surface area contributed by atoms with Gasteiger partial charge < -0.3 is 35.3 Å². The first kappa shape index (κ1) is 28.8. The molecule has 210 valence electrons. The Morgan fingerprint density at radius 3 is 2.73 bits per heavy atom. The maximum Gasteiger partial charge on any atom is 0.469 e. The highest BCUT2D eigenvalue weighted by molar-refractivity contribution is 7.46. The maximum absolute atomic E-state index is 11.7. The summed E-state index contributed by atoms with van der Waals surface area (Å²) < 4.78 is 17.9. The van der Waals surface area contributed by atoms with E-state index in [-0.39, 0.29) is 47.4 Å². The molecule has 3 heterocycles. The van der Waals surface area contributed by atoms with Crippen LogP contribution in [0.3, 0.4) is 0 Å². The molecule has 1 fully saturated rings. The number of rotatable bonds is 8. The van der Waals surface area contributed by atoms with Crippen LogP contribution in [0.4, 0.5) is 27.9 Å². The molecule has 0 bridgehead atoms. The number of aromatic nitrogens is 4. The van der Waals surface area contributed by atoms with Crippen molar-refractivity contribution in [2.75, 3.05) is 42.2 Å². The first-order valence-electron chi connectivity index (χ1n) is 11.8. The second-order valence-electron chi connectivity index (χ2n) is 8.73. The highest BCUT2D eigenvalue weighted by Crippen LogP contribution is 2.42. The SMILES string of the molecule is CCNc1nc(Nc2cc(C#N)cc(N3CC[C@H](N(C)C(=O)O)[C@H](OP(=O)(O)O)C3)c2Cl)nn2c(C#N)cnc12. The van der Waals surface area contributed by atoms with Crippen molar-refractivity contribution in [1.82, 2.24) is 24.5 Å². The van der Waals surface area contributed by atoms with Gasteiger partial charge in [0.05, 0.1) is 40.3 Å². The molecule has 5 N–H and O–H groups in total. The molecule has 0 saturated carbocycles. The van der Waals surface area contributed by atoms with E-state index in [1.165, 1.54) is 29.9 Å². The highest BCUT2D eigenvalue weighted by atomic mass is 35.5. The normalized spacial score (nSPS) is 17.2. The lowest BCUT2D eigenvalue weighted by molar-refractivity contribution is 0.0441. The number of hydrogen-bond donors (Lipinski definition) is 5. The lowest BCUT2D eigenvalue weighted by atomic mass is 9.99. The van der Waals surface area contributed by atoms with Crippen LogP contribution in [-0.2, 0) is 9.09 Å². The third kappa shape index (κ3) is 6.02. The number of benzene rings is 1. The predicted octanol–water partition coefficient (Wildman–Crippen LogP) is 2.36. The van der Waals surface area contributed by atoms with Crippen molar-refractivity contribution >= 4 is 54.3 Å². The highest BCUT2D eigenvalue weighted by Gasteiger charge is 2.39. The van der Waals surface area contributed by atoms with Crippen molar-refractivity contribution < 1.29 is 28.8 Å². The summed E-state index contributed by atoms with van der Waals surface area (Å²) in [5, 5.41) is 39.0. The molecule has 1 aliphatic heterocycles.